The number of nitrogens with one attached hydrogen (secondary N) is 1. The third-order valence-corrected chi connectivity index (χ3v) is 2.74. The summed E-state index contributed by atoms with van der Waals surface area (Å²) in [6, 6.07) is -0.258. The van der Waals surface area contributed by atoms with E-state index in [1.807, 2.05) is 4.90 Å². The molecule has 0 aromatic carbocycles. The minimum atomic E-state index is -0.315. The highest BCUT2D eigenvalue weighted by Crippen LogP contribution is 2.05. The number of piperazine rings is 1. The molecule has 0 aliphatic carbocycles. The average molecular weight is 229 g/mol. The molecule has 1 atom stereocenters. The van der Waals surface area contributed by atoms with Crippen LogP contribution < -0.4 is 11.1 Å². The molecule has 1 aliphatic heterocycles. The number of nitrogens with two attached hydrogens (primary N) is 1. The molecule has 6 heteroatoms. The number of hydrogen-bond acceptors (Lipinski definition) is 5. The van der Waals surface area contributed by atoms with Crippen molar-refractivity contribution >= 4 is 11.9 Å². The first-order chi connectivity index (χ1) is 7.65. The lowest BCUT2D eigenvalue weighted by atomic mass is 10.1. The van der Waals surface area contributed by atoms with Gasteiger partial charge in [-0.25, -0.2) is 0 Å². The Kier molecular flexibility index (Phi) is 5.21. The zero-order valence-corrected chi connectivity index (χ0v) is 9.57. The maximum Gasteiger partial charge on any atom is 0.305 e. The van der Waals surface area contributed by atoms with Crippen molar-refractivity contribution in [2.24, 2.45) is 5.73 Å². The molecule has 0 radical (unpaired) electrons. The summed E-state index contributed by atoms with van der Waals surface area (Å²) < 4.78 is 4.55. The van der Waals surface area contributed by atoms with E-state index in [-0.39, 0.29) is 17.9 Å². The van der Waals surface area contributed by atoms with Crippen molar-refractivity contribution in [1.82, 2.24) is 10.2 Å². The van der Waals surface area contributed by atoms with Gasteiger partial charge in [0.05, 0.1) is 7.11 Å². The molecular formula is C10H19N3O3. The second kappa shape index (κ2) is 6.44. The van der Waals surface area contributed by atoms with Gasteiger partial charge in [-0.3, -0.25) is 14.5 Å². The van der Waals surface area contributed by atoms with Gasteiger partial charge >= 0.3 is 5.97 Å². The van der Waals surface area contributed by atoms with Gasteiger partial charge in [0, 0.05) is 26.1 Å². The molecule has 0 aromatic rings. The fraction of sp³-hybridized carbons (Fsp3) is 0.800. The van der Waals surface area contributed by atoms with Gasteiger partial charge in [-0.1, -0.05) is 0 Å². The minimum absolute atomic E-state index is 0.217. The van der Waals surface area contributed by atoms with E-state index in [2.05, 4.69) is 10.1 Å². The predicted molar refractivity (Wildman–Crippen MR) is 58.7 cm³/mol. The number of hydrogen-bond donors (Lipinski definition) is 2. The Bertz CT molecular complexity index is 258. The van der Waals surface area contributed by atoms with Crippen molar-refractivity contribution in [1.29, 1.82) is 0 Å². The van der Waals surface area contributed by atoms with Crippen LogP contribution in [0, 0.1) is 0 Å². The fourth-order valence-corrected chi connectivity index (χ4v) is 1.82. The van der Waals surface area contributed by atoms with Gasteiger partial charge in [0.25, 0.3) is 0 Å². The summed E-state index contributed by atoms with van der Waals surface area (Å²) in [6.45, 7) is 2.93. The first-order valence-electron chi connectivity index (χ1n) is 5.46. The summed E-state index contributed by atoms with van der Waals surface area (Å²) in [4.78, 5) is 24.1. The van der Waals surface area contributed by atoms with Crippen LogP contribution in [0.2, 0.25) is 0 Å². The van der Waals surface area contributed by atoms with Gasteiger partial charge in [0.2, 0.25) is 5.91 Å². The van der Waals surface area contributed by atoms with Crippen LogP contribution in [-0.2, 0) is 14.3 Å². The lowest BCUT2D eigenvalue weighted by Gasteiger charge is -2.33. The molecule has 1 saturated heterocycles. The lowest BCUT2D eigenvalue weighted by molar-refractivity contribution is -0.140. The second-order valence-corrected chi connectivity index (χ2v) is 3.84. The number of amides is 1. The average Bonchev–Trinajstić information content (AvgIpc) is 2.29. The summed E-state index contributed by atoms with van der Waals surface area (Å²) in [5.41, 5.74) is 5.30. The highest BCUT2D eigenvalue weighted by atomic mass is 16.5. The number of ether oxygens (including phenoxy) is 1. The van der Waals surface area contributed by atoms with Crippen molar-refractivity contribution < 1.29 is 14.3 Å². The Labute approximate surface area is 95.1 Å². The first kappa shape index (κ1) is 12.9. The molecule has 1 aliphatic rings. The molecule has 1 unspecified atom stereocenters. The van der Waals surface area contributed by atoms with E-state index < -0.39 is 0 Å². The van der Waals surface area contributed by atoms with Crippen LogP contribution in [0.4, 0.5) is 0 Å². The standard InChI is InChI=1S/C10H19N3O3/c1-16-9(14)3-2-5-13-6-4-12-7-8(13)10(11)15/h8,12H,2-7H2,1H3,(H2,11,15). The molecule has 16 heavy (non-hydrogen) atoms. The Morgan fingerprint density at radius 1 is 1.56 bits per heavy atom. The first-order valence-corrected chi connectivity index (χ1v) is 5.46. The van der Waals surface area contributed by atoms with Crippen LogP contribution in [0.15, 0.2) is 0 Å². The number of methoxy groups -OCH3 is 1. The van der Waals surface area contributed by atoms with E-state index in [0.29, 0.717) is 25.9 Å². The van der Waals surface area contributed by atoms with Gasteiger partial charge < -0.3 is 15.8 Å². The van der Waals surface area contributed by atoms with E-state index in [0.717, 1.165) is 13.1 Å². The van der Waals surface area contributed by atoms with Gasteiger partial charge in [-0.15, -0.1) is 0 Å². The summed E-state index contributed by atoms with van der Waals surface area (Å²) in [5.74, 6) is -0.531. The van der Waals surface area contributed by atoms with E-state index in [1.54, 1.807) is 0 Å². The van der Waals surface area contributed by atoms with Crippen LogP contribution in [0.3, 0.4) is 0 Å². The summed E-state index contributed by atoms with van der Waals surface area (Å²) in [6.07, 6.45) is 1.07. The number of rotatable bonds is 5. The molecule has 92 valence electrons. The predicted octanol–water partition coefficient (Wildman–Crippen LogP) is -1.30. The largest absolute Gasteiger partial charge is 0.469 e. The van der Waals surface area contributed by atoms with Crippen LogP contribution >= 0.6 is 0 Å². The topological polar surface area (TPSA) is 84.7 Å². The van der Waals surface area contributed by atoms with Gasteiger partial charge in [-0.05, 0) is 13.0 Å². The molecule has 0 spiro atoms. The molecule has 1 amide bonds. The third-order valence-electron chi connectivity index (χ3n) is 2.74. The van der Waals surface area contributed by atoms with Gasteiger partial charge in [0.1, 0.15) is 6.04 Å². The molecule has 3 N–H and O–H groups in total. The SMILES string of the molecule is COC(=O)CCCN1CCNCC1C(N)=O. The highest BCUT2D eigenvalue weighted by molar-refractivity contribution is 5.80. The van der Waals surface area contributed by atoms with Crippen molar-refractivity contribution in [3.05, 3.63) is 0 Å². The van der Waals surface area contributed by atoms with E-state index >= 15 is 0 Å². The zero-order valence-electron chi connectivity index (χ0n) is 9.57. The normalized spacial score (nSPS) is 21.7. The Balaban J connectivity index is 2.32. The maximum atomic E-state index is 11.2. The highest BCUT2D eigenvalue weighted by Gasteiger charge is 2.26. The smallest absolute Gasteiger partial charge is 0.305 e. The minimum Gasteiger partial charge on any atom is -0.469 e. The monoisotopic (exact) mass is 229 g/mol. The number of nitrogens with zero attached hydrogens (tertiary/aromatic N) is 1. The van der Waals surface area contributed by atoms with Crippen LogP contribution in [0.25, 0.3) is 0 Å². The maximum absolute atomic E-state index is 11.2. The van der Waals surface area contributed by atoms with Gasteiger partial charge in [0.15, 0.2) is 0 Å². The molecule has 1 fully saturated rings. The fourth-order valence-electron chi connectivity index (χ4n) is 1.82. The van der Waals surface area contributed by atoms with Crippen molar-refractivity contribution in [2.75, 3.05) is 33.3 Å². The summed E-state index contributed by atoms with van der Waals surface area (Å²) in [5, 5.41) is 3.12. The Morgan fingerprint density at radius 3 is 2.94 bits per heavy atom. The second-order valence-electron chi connectivity index (χ2n) is 3.84. The number of primary amides is 1. The van der Waals surface area contributed by atoms with Crippen LogP contribution in [0.5, 0.6) is 0 Å². The molecule has 0 aromatic heterocycles. The molecule has 0 bridgehead atoms. The van der Waals surface area contributed by atoms with Crippen LogP contribution in [-0.4, -0.2) is 56.1 Å². The molecule has 1 heterocycles. The van der Waals surface area contributed by atoms with E-state index in [9.17, 15) is 9.59 Å². The summed E-state index contributed by atoms with van der Waals surface area (Å²) in [7, 11) is 1.37. The van der Waals surface area contributed by atoms with Gasteiger partial charge in [-0.2, -0.15) is 0 Å². The molecular weight excluding hydrogens is 210 g/mol. The van der Waals surface area contributed by atoms with E-state index in [4.69, 9.17) is 5.73 Å². The Morgan fingerprint density at radius 2 is 2.31 bits per heavy atom. The molecule has 1 rings (SSSR count). The number of carbonyl (C=O) groups excluding carboxylic acids is 2. The van der Waals surface area contributed by atoms with Crippen molar-refractivity contribution in [3.63, 3.8) is 0 Å². The van der Waals surface area contributed by atoms with Crippen LogP contribution in [0.1, 0.15) is 12.8 Å². The summed E-state index contributed by atoms with van der Waals surface area (Å²) >= 11 is 0. The third kappa shape index (κ3) is 3.79. The van der Waals surface area contributed by atoms with Crippen molar-refractivity contribution in [3.8, 4) is 0 Å². The zero-order chi connectivity index (χ0) is 12.0. The number of carbonyl (C=O) groups is 2. The molecule has 0 saturated carbocycles. The molecule has 6 nitrogen and oxygen atoms in total. The van der Waals surface area contributed by atoms with Crippen molar-refractivity contribution in [2.45, 2.75) is 18.9 Å². The van der Waals surface area contributed by atoms with E-state index in [1.165, 1.54) is 7.11 Å². The Hall–Kier alpha value is -1.14. The quantitative estimate of drug-likeness (QED) is 0.572. The number of esters is 1. The lowest BCUT2D eigenvalue weighted by Crippen LogP contribution is -2.57.